The molecule has 0 amide bonds. The molecule has 6 heteroatoms. The van der Waals surface area contributed by atoms with Gasteiger partial charge < -0.3 is 5.32 Å². The normalized spacial score (nSPS) is 11.4. The molecule has 0 atom stereocenters. The van der Waals surface area contributed by atoms with E-state index in [0.29, 0.717) is 11.4 Å². The van der Waals surface area contributed by atoms with Crippen molar-refractivity contribution >= 4 is 26.9 Å². The van der Waals surface area contributed by atoms with Gasteiger partial charge in [0, 0.05) is 23.0 Å². The number of rotatable bonds is 4. The molecule has 2 rings (SSSR count). The maximum absolute atomic E-state index is 11.4. The van der Waals surface area contributed by atoms with Crippen molar-refractivity contribution in [1.82, 2.24) is 4.98 Å². The van der Waals surface area contributed by atoms with E-state index < -0.39 is 9.84 Å². The van der Waals surface area contributed by atoms with Crippen LogP contribution in [0.1, 0.15) is 4.88 Å². The zero-order valence-electron chi connectivity index (χ0n) is 9.25. The minimum Gasteiger partial charge on any atom is -0.380 e. The number of benzene rings is 1. The molecule has 0 saturated heterocycles. The van der Waals surface area contributed by atoms with Crippen LogP contribution in [0, 0.1) is 0 Å². The van der Waals surface area contributed by atoms with Gasteiger partial charge in [0.05, 0.1) is 17.0 Å². The van der Waals surface area contributed by atoms with E-state index in [2.05, 4.69) is 10.3 Å². The van der Waals surface area contributed by atoms with Crippen LogP contribution in [0.25, 0.3) is 0 Å². The molecule has 1 N–H and O–H groups in total. The first-order valence-corrected chi connectivity index (χ1v) is 7.74. The molecule has 2 aromatic rings. The highest BCUT2D eigenvalue weighted by Gasteiger charge is 2.07. The lowest BCUT2D eigenvalue weighted by Gasteiger charge is -2.06. The minimum atomic E-state index is -3.15. The van der Waals surface area contributed by atoms with Crippen molar-refractivity contribution in [2.24, 2.45) is 0 Å². The van der Waals surface area contributed by atoms with Gasteiger partial charge in [0.1, 0.15) is 0 Å². The number of aromatic nitrogens is 1. The molecule has 0 unspecified atom stereocenters. The first-order valence-electron chi connectivity index (χ1n) is 4.97. The Morgan fingerprint density at radius 2 is 2.24 bits per heavy atom. The van der Waals surface area contributed by atoms with Crippen molar-refractivity contribution in [2.75, 3.05) is 11.6 Å². The van der Waals surface area contributed by atoms with Crippen LogP contribution in [0.4, 0.5) is 5.69 Å². The minimum absolute atomic E-state index is 0.326. The number of hydrogen-bond donors (Lipinski definition) is 1. The first-order chi connectivity index (χ1) is 8.05. The highest BCUT2D eigenvalue weighted by molar-refractivity contribution is 7.90. The third-order valence-corrected chi connectivity index (χ3v) is 4.10. The summed E-state index contributed by atoms with van der Waals surface area (Å²) < 4.78 is 22.8. The van der Waals surface area contributed by atoms with Crippen molar-refractivity contribution < 1.29 is 8.42 Å². The summed E-state index contributed by atoms with van der Waals surface area (Å²) in [5, 5.41) is 3.17. The second-order valence-electron chi connectivity index (χ2n) is 3.62. The van der Waals surface area contributed by atoms with Crippen molar-refractivity contribution in [1.29, 1.82) is 0 Å². The first kappa shape index (κ1) is 12.1. The molecule has 0 spiro atoms. The van der Waals surface area contributed by atoms with Crippen LogP contribution in [0.3, 0.4) is 0 Å². The van der Waals surface area contributed by atoms with Crippen LogP contribution in [0.15, 0.2) is 40.9 Å². The highest BCUT2D eigenvalue weighted by atomic mass is 32.2. The maximum Gasteiger partial charge on any atom is 0.175 e. The Labute approximate surface area is 104 Å². The molecule has 90 valence electrons. The van der Waals surface area contributed by atoms with Gasteiger partial charge in [-0.1, -0.05) is 6.07 Å². The van der Waals surface area contributed by atoms with Crippen molar-refractivity contribution in [3.8, 4) is 0 Å². The topological polar surface area (TPSA) is 59.1 Å². The summed E-state index contributed by atoms with van der Waals surface area (Å²) in [6.45, 7) is 0.651. The quantitative estimate of drug-likeness (QED) is 0.923. The molecule has 1 aromatic heterocycles. The predicted octanol–water partition coefficient (Wildman–Crippen LogP) is 2.16. The van der Waals surface area contributed by atoms with Gasteiger partial charge in [-0.3, -0.25) is 4.98 Å². The molecule has 0 fully saturated rings. The molecule has 0 radical (unpaired) electrons. The fourth-order valence-electron chi connectivity index (χ4n) is 1.36. The molecule has 0 aliphatic carbocycles. The Bertz CT molecular complexity index is 592. The van der Waals surface area contributed by atoms with Crippen molar-refractivity contribution in [2.45, 2.75) is 11.4 Å². The molecule has 4 nitrogen and oxygen atoms in total. The number of anilines is 1. The van der Waals surface area contributed by atoms with Crippen LogP contribution < -0.4 is 5.32 Å². The standard InChI is InChI=1S/C11H12N2O2S2/c1-17(14,15)11-4-2-3-9(5-11)13-7-10-6-12-8-16-10/h2-6,8,13H,7H2,1H3. The molecule has 0 aliphatic heterocycles. The molecule has 1 aromatic carbocycles. The van der Waals surface area contributed by atoms with E-state index in [0.717, 1.165) is 10.6 Å². The molecule has 0 aliphatic rings. The predicted molar refractivity (Wildman–Crippen MR) is 69.0 cm³/mol. The lowest BCUT2D eigenvalue weighted by molar-refractivity contribution is 0.602. The van der Waals surface area contributed by atoms with E-state index in [1.165, 1.54) is 6.26 Å². The maximum atomic E-state index is 11.4. The third-order valence-electron chi connectivity index (χ3n) is 2.21. The molecular weight excluding hydrogens is 256 g/mol. The van der Waals surface area contributed by atoms with Gasteiger partial charge in [0.15, 0.2) is 9.84 Å². The Hall–Kier alpha value is -1.40. The van der Waals surface area contributed by atoms with E-state index in [1.807, 2.05) is 6.07 Å². The van der Waals surface area contributed by atoms with Gasteiger partial charge in [-0.2, -0.15) is 0 Å². The zero-order valence-corrected chi connectivity index (χ0v) is 10.9. The number of nitrogens with zero attached hydrogens (tertiary/aromatic N) is 1. The van der Waals surface area contributed by atoms with E-state index >= 15 is 0 Å². The smallest absolute Gasteiger partial charge is 0.175 e. The fourth-order valence-corrected chi connectivity index (χ4v) is 2.56. The van der Waals surface area contributed by atoms with Crippen LogP contribution in [-0.2, 0) is 16.4 Å². The second kappa shape index (κ2) is 4.85. The van der Waals surface area contributed by atoms with E-state index in [9.17, 15) is 8.42 Å². The van der Waals surface area contributed by atoms with Crippen molar-refractivity contribution in [3.05, 3.63) is 40.8 Å². The van der Waals surface area contributed by atoms with Crippen LogP contribution in [0.2, 0.25) is 0 Å². The Balaban J connectivity index is 2.12. The number of thiazole rings is 1. The highest BCUT2D eigenvalue weighted by Crippen LogP contribution is 2.16. The van der Waals surface area contributed by atoms with Gasteiger partial charge in [0.25, 0.3) is 0 Å². The molecule has 1 heterocycles. The Kier molecular flexibility index (Phi) is 3.44. The van der Waals surface area contributed by atoms with Gasteiger partial charge in [-0.15, -0.1) is 11.3 Å². The summed E-state index contributed by atoms with van der Waals surface area (Å²) in [5.74, 6) is 0. The number of sulfone groups is 1. The van der Waals surface area contributed by atoms with Crippen LogP contribution >= 0.6 is 11.3 Å². The fraction of sp³-hybridized carbons (Fsp3) is 0.182. The molecular formula is C11H12N2O2S2. The zero-order chi connectivity index (χ0) is 12.3. The molecule has 0 saturated carbocycles. The third kappa shape index (κ3) is 3.28. The average molecular weight is 268 g/mol. The van der Waals surface area contributed by atoms with Gasteiger partial charge >= 0.3 is 0 Å². The summed E-state index contributed by atoms with van der Waals surface area (Å²) in [6.07, 6.45) is 2.99. The van der Waals surface area contributed by atoms with E-state index in [1.54, 1.807) is 41.2 Å². The monoisotopic (exact) mass is 268 g/mol. The SMILES string of the molecule is CS(=O)(=O)c1cccc(NCc2cncs2)c1. The average Bonchev–Trinajstić information content (AvgIpc) is 2.78. The molecule has 0 bridgehead atoms. The largest absolute Gasteiger partial charge is 0.380 e. The lowest BCUT2D eigenvalue weighted by atomic mass is 10.3. The summed E-state index contributed by atoms with van der Waals surface area (Å²) >= 11 is 1.56. The lowest BCUT2D eigenvalue weighted by Crippen LogP contribution is -2.01. The summed E-state index contributed by atoms with van der Waals surface area (Å²) in [7, 11) is -3.15. The van der Waals surface area contributed by atoms with E-state index in [4.69, 9.17) is 0 Å². The van der Waals surface area contributed by atoms with Crippen LogP contribution in [0.5, 0.6) is 0 Å². The summed E-state index contributed by atoms with van der Waals surface area (Å²) in [5.41, 5.74) is 2.56. The van der Waals surface area contributed by atoms with Gasteiger partial charge in [0.2, 0.25) is 0 Å². The number of hydrogen-bond acceptors (Lipinski definition) is 5. The van der Waals surface area contributed by atoms with Gasteiger partial charge in [-0.25, -0.2) is 8.42 Å². The van der Waals surface area contributed by atoms with E-state index in [-0.39, 0.29) is 0 Å². The summed E-state index contributed by atoms with van der Waals surface area (Å²) in [4.78, 5) is 5.41. The van der Waals surface area contributed by atoms with Gasteiger partial charge in [-0.05, 0) is 18.2 Å². The molecule has 17 heavy (non-hydrogen) atoms. The Morgan fingerprint density at radius 1 is 1.41 bits per heavy atom. The Morgan fingerprint density at radius 3 is 2.88 bits per heavy atom. The number of nitrogens with one attached hydrogen (secondary N) is 1. The summed E-state index contributed by atoms with van der Waals surface area (Å²) in [6, 6.07) is 6.80. The van der Waals surface area contributed by atoms with Crippen molar-refractivity contribution in [3.63, 3.8) is 0 Å². The second-order valence-corrected chi connectivity index (χ2v) is 6.61. The van der Waals surface area contributed by atoms with Crippen LogP contribution in [-0.4, -0.2) is 19.7 Å².